The van der Waals surface area contributed by atoms with E-state index in [0.29, 0.717) is 11.5 Å². The Balaban J connectivity index is 2.14. The fourth-order valence-electron chi connectivity index (χ4n) is 2.40. The first-order chi connectivity index (χ1) is 6.82. The normalized spacial score (nSPS) is 20.7. The molecule has 1 aliphatic rings. The molecular formula is C11H19N3. The molecule has 0 amide bonds. The highest BCUT2D eigenvalue weighted by molar-refractivity contribution is 5.17. The molecule has 1 aromatic heterocycles. The molecule has 1 saturated carbocycles. The maximum atomic E-state index is 3.42. The molecule has 1 aliphatic carbocycles. The quantitative estimate of drug-likeness (QED) is 0.659. The van der Waals surface area contributed by atoms with Gasteiger partial charge in [0.05, 0.1) is 6.04 Å². The molecule has 1 atom stereocenters. The van der Waals surface area contributed by atoms with E-state index in [4.69, 9.17) is 0 Å². The number of aromatic amines is 1. The molecule has 3 nitrogen and oxygen atoms in total. The first-order valence-corrected chi connectivity index (χ1v) is 5.27. The Morgan fingerprint density at radius 3 is 2.71 bits per heavy atom. The van der Waals surface area contributed by atoms with Crippen LogP contribution in [0.15, 0.2) is 18.3 Å². The summed E-state index contributed by atoms with van der Waals surface area (Å²) in [5, 5.41) is 6.71. The van der Waals surface area contributed by atoms with E-state index in [0.717, 1.165) is 6.54 Å². The molecule has 1 fully saturated rings. The molecule has 0 radical (unpaired) electrons. The van der Waals surface area contributed by atoms with Crippen molar-refractivity contribution < 1.29 is 0 Å². The second-order valence-corrected chi connectivity index (χ2v) is 4.24. The average molecular weight is 193 g/mol. The topological polar surface area (TPSA) is 39.8 Å². The standard InChI is InChI=1S/C11H19N3/c1-12-8-11(5-6-11)10(13-2)9-4-3-7-14-9/h3-4,7,10,12-14H,5-6,8H2,1-2H3. The summed E-state index contributed by atoms with van der Waals surface area (Å²) < 4.78 is 0. The van der Waals surface area contributed by atoms with Gasteiger partial charge in [-0.05, 0) is 39.1 Å². The summed E-state index contributed by atoms with van der Waals surface area (Å²) in [7, 11) is 4.07. The largest absolute Gasteiger partial charge is 0.364 e. The third-order valence-electron chi connectivity index (χ3n) is 3.26. The molecule has 3 heteroatoms. The predicted octanol–water partition coefficient (Wildman–Crippen LogP) is 1.27. The molecule has 1 heterocycles. The Kier molecular flexibility index (Phi) is 2.61. The highest BCUT2D eigenvalue weighted by Crippen LogP contribution is 2.53. The molecule has 14 heavy (non-hydrogen) atoms. The molecule has 0 spiro atoms. The van der Waals surface area contributed by atoms with Crippen LogP contribution in [-0.4, -0.2) is 25.6 Å². The van der Waals surface area contributed by atoms with Crippen LogP contribution in [0.3, 0.4) is 0 Å². The Morgan fingerprint density at radius 1 is 1.50 bits per heavy atom. The number of rotatable bonds is 5. The smallest absolute Gasteiger partial charge is 0.0539 e. The molecular weight excluding hydrogens is 174 g/mol. The molecule has 0 aromatic carbocycles. The summed E-state index contributed by atoms with van der Waals surface area (Å²) in [5.74, 6) is 0. The third-order valence-corrected chi connectivity index (χ3v) is 3.26. The van der Waals surface area contributed by atoms with Crippen molar-refractivity contribution in [1.82, 2.24) is 15.6 Å². The van der Waals surface area contributed by atoms with Gasteiger partial charge in [-0.3, -0.25) is 0 Å². The van der Waals surface area contributed by atoms with Gasteiger partial charge in [0, 0.05) is 23.9 Å². The second kappa shape index (κ2) is 3.75. The Morgan fingerprint density at radius 2 is 2.29 bits per heavy atom. The molecule has 0 aliphatic heterocycles. The lowest BCUT2D eigenvalue weighted by Gasteiger charge is -2.25. The molecule has 0 bridgehead atoms. The Bertz CT molecular complexity index is 275. The fourth-order valence-corrected chi connectivity index (χ4v) is 2.40. The van der Waals surface area contributed by atoms with E-state index in [1.165, 1.54) is 18.5 Å². The van der Waals surface area contributed by atoms with Crippen LogP contribution < -0.4 is 10.6 Å². The van der Waals surface area contributed by atoms with Gasteiger partial charge in [-0.1, -0.05) is 0 Å². The number of hydrogen-bond acceptors (Lipinski definition) is 2. The molecule has 0 saturated heterocycles. The van der Waals surface area contributed by atoms with Crippen LogP contribution in [0, 0.1) is 5.41 Å². The summed E-state index contributed by atoms with van der Waals surface area (Å²) >= 11 is 0. The highest BCUT2D eigenvalue weighted by atomic mass is 15.0. The Hall–Kier alpha value is -0.800. The minimum atomic E-state index is 0.439. The van der Waals surface area contributed by atoms with E-state index >= 15 is 0 Å². The van der Waals surface area contributed by atoms with Crippen molar-refractivity contribution in [2.75, 3.05) is 20.6 Å². The van der Waals surface area contributed by atoms with Gasteiger partial charge in [0.2, 0.25) is 0 Å². The van der Waals surface area contributed by atoms with Gasteiger partial charge in [-0.15, -0.1) is 0 Å². The van der Waals surface area contributed by atoms with Crippen LogP contribution >= 0.6 is 0 Å². The molecule has 3 N–H and O–H groups in total. The maximum absolute atomic E-state index is 3.42. The van der Waals surface area contributed by atoms with Gasteiger partial charge in [0.1, 0.15) is 0 Å². The van der Waals surface area contributed by atoms with Crippen molar-refractivity contribution in [1.29, 1.82) is 0 Å². The van der Waals surface area contributed by atoms with E-state index in [9.17, 15) is 0 Å². The fraction of sp³-hybridized carbons (Fsp3) is 0.636. The van der Waals surface area contributed by atoms with Crippen molar-refractivity contribution in [3.63, 3.8) is 0 Å². The maximum Gasteiger partial charge on any atom is 0.0539 e. The van der Waals surface area contributed by atoms with Crippen LogP contribution in [-0.2, 0) is 0 Å². The second-order valence-electron chi connectivity index (χ2n) is 4.24. The van der Waals surface area contributed by atoms with Gasteiger partial charge in [0.25, 0.3) is 0 Å². The number of aromatic nitrogens is 1. The zero-order chi connectivity index (χ0) is 10.0. The van der Waals surface area contributed by atoms with Crippen LogP contribution in [0.5, 0.6) is 0 Å². The van der Waals surface area contributed by atoms with Crippen molar-refractivity contribution in [2.45, 2.75) is 18.9 Å². The summed E-state index contributed by atoms with van der Waals surface area (Å²) in [6, 6.07) is 4.69. The Labute approximate surface area is 85.3 Å². The van der Waals surface area contributed by atoms with E-state index in [1.807, 2.05) is 20.3 Å². The van der Waals surface area contributed by atoms with E-state index in [2.05, 4.69) is 27.8 Å². The molecule has 2 rings (SSSR count). The van der Waals surface area contributed by atoms with Gasteiger partial charge in [0.15, 0.2) is 0 Å². The van der Waals surface area contributed by atoms with Gasteiger partial charge < -0.3 is 15.6 Å². The van der Waals surface area contributed by atoms with Crippen molar-refractivity contribution in [3.05, 3.63) is 24.0 Å². The minimum absolute atomic E-state index is 0.439. The number of hydrogen-bond donors (Lipinski definition) is 3. The van der Waals surface area contributed by atoms with Crippen LogP contribution in [0.1, 0.15) is 24.6 Å². The first-order valence-electron chi connectivity index (χ1n) is 5.27. The van der Waals surface area contributed by atoms with E-state index in [1.54, 1.807) is 0 Å². The summed E-state index contributed by atoms with van der Waals surface area (Å²) in [6.07, 6.45) is 4.63. The summed E-state index contributed by atoms with van der Waals surface area (Å²) in [6.45, 7) is 1.09. The predicted molar refractivity (Wildman–Crippen MR) is 58.2 cm³/mol. The lowest BCUT2D eigenvalue weighted by atomic mass is 9.93. The lowest BCUT2D eigenvalue weighted by molar-refractivity contribution is 0.341. The van der Waals surface area contributed by atoms with Crippen LogP contribution in [0.4, 0.5) is 0 Å². The van der Waals surface area contributed by atoms with Gasteiger partial charge >= 0.3 is 0 Å². The SMILES string of the molecule is CNCC1(C(NC)c2ccc[nH]2)CC1. The van der Waals surface area contributed by atoms with Crippen molar-refractivity contribution >= 4 is 0 Å². The molecule has 1 unspecified atom stereocenters. The van der Waals surface area contributed by atoms with Crippen LogP contribution in [0.2, 0.25) is 0 Å². The third kappa shape index (κ3) is 1.57. The van der Waals surface area contributed by atoms with Gasteiger partial charge in [-0.25, -0.2) is 0 Å². The summed E-state index contributed by atoms with van der Waals surface area (Å²) in [5.41, 5.74) is 1.74. The highest BCUT2D eigenvalue weighted by Gasteiger charge is 2.49. The zero-order valence-electron chi connectivity index (χ0n) is 8.93. The first kappa shape index (κ1) is 9.74. The van der Waals surface area contributed by atoms with Gasteiger partial charge in [-0.2, -0.15) is 0 Å². The van der Waals surface area contributed by atoms with E-state index in [-0.39, 0.29) is 0 Å². The van der Waals surface area contributed by atoms with E-state index < -0.39 is 0 Å². The summed E-state index contributed by atoms with van der Waals surface area (Å²) in [4.78, 5) is 3.30. The zero-order valence-corrected chi connectivity index (χ0v) is 8.93. The lowest BCUT2D eigenvalue weighted by Crippen LogP contribution is -2.33. The van der Waals surface area contributed by atoms with Crippen LogP contribution in [0.25, 0.3) is 0 Å². The minimum Gasteiger partial charge on any atom is -0.364 e. The molecule has 1 aromatic rings. The molecule has 78 valence electrons. The number of H-pyrrole nitrogens is 1. The van der Waals surface area contributed by atoms with Crippen molar-refractivity contribution in [2.24, 2.45) is 5.41 Å². The average Bonchev–Trinajstić information content (AvgIpc) is 2.77. The van der Waals surface area contributed by atoms with Crippen molar-refractivity contribution in [3.8, 4) is 0 Å². The number of nitrogens with one attached hydrogen (secondary N) is 3. The monoisotopic (exact) mass is 193 g/mol.